The van der Waals surface area contributed by atoms with Crippen molar-refractivity contribution >= 4 is 0 Å². The molecule has 0 atom stereocenters. The summed E-state index contributed by atoms with van der Waals surface area (Å²) >= 11 is 0. The summed E-state index contributed by atoms with van der Waals surface area (Å²) in [6, 6.07) is 23.7. The van der Waals surface area contributed by atoms with Gasteiger partial charge in [0, 0.05) is 14.4 Å². The van der Waals surface area contributed by atoms with Crippen LogP contribution in [0.1, 0.15) is 84.4 Å². The molecule has 216 valence electrons. The number of aromatic nitrogens is 3. The van der Waals surface area contributed by atoms with Crippen molar-refractivity contribution in [3.05, 3.63) is 105 Å². The highest BCUT2D eigenvalue weighted by atomic mass is 16.5. The lowest BCUT2D eigenvalue weighted by Crippen LogP contribution is -2.25. The maximum atomic E-state index is 13.0. The van der Waals surface area contributed by atoms with Gasteiger partial charge in [0.15, 0.2) is 0 Å². The van der Waals surface area contributed by atoms with E-state index in [-0.39, 0.29) is 12.5 Å². The normalized spacial score (nSPS) is 11.2. The number of hydrogen-bond acceptors (Lipinski definition) is 3. The Morgan fingerprint density at radius 2 is 1.48 bits per heavy atom. The zero-order chi connectivity index (χ0) is 29.3. The van der Waals surface area contributed by atoms with Crippen LogP contribution in [-0.2, 0) is 37.8 Å². The summed E-state index contributed by atoms with van der Waals surface area (Å²) in [6.45, 7) is 15.9. The molecule has 3 aromatic carbocycles. The van der Waals surface area contributed by atoms with Crippen LogP contribution >= 0.6 is 0 Å². The smallest absolute Gasteiger partial charge is 0.346 e. The van der Waals surface area contributed by atoms with Crippen molar-refractivity contribution < 1.29 is 6.16 Å². The van der Waals surface area contributed by atoms with E-state index in [1.807, 2.05) is 25.3 Å². The number of methoxy groups -OCH3 is 1. The maximum absolute atomic E-state index is 13.0. The van der Waals surface area contributed by atoms with Crippen LogP contribution in [-0.4, -0.2) is 21.5 Å². The fourth-order valence-electron chi connectivity index (χ4n) is 4.92. The average molecular weight is 544 g/mol. The van der Waals surface area contributed by atoms with E-state index in [1.54, 1.807) is 11.8 Å². The molecule has 0 bridgehead atoms. The van der Waals surface area contributed by atoms with Crippen LogP contribution in [0.4, 0.5) is 0 Å². The topological polar surface area (TPSA) is 49.0 Å². The lowest BCUT2D eigenvalue weighted by Gasteiger charge is -2.19. The van der Waals surface area contributed by atoms with Crippen molar-refractivity contribution in [3.8, 4) is 16.9 Å². The van der Waals surface area contributed by atoms with E-state index < -0.39 is 0 Å². The molecule has 0 unspecified atom stereocenters. The minimum atomic E-state index is -0.0299. The first kappa shape index (κ1) is 30.9. The van der Waals surface area contributed by atoms with Gasteiger partial charge in [-0.3, -0.25) is 4.57 Å². The van der Waals surface area contributed by atoms with Gasteiger partial charge in [-0.25, -0.2) is 9.48 Å². The predicted molar refractivity (Wildman–Crippen MR) is 170 cm³/mol. The van der Waals surface area contributed by atoms with Crippen LogP contribution in [0.3, 0.4) is 0 Å². The molecule has 0 aliphatic heterocycles. The Labute approximate surface area is 242 Å². The van der Waals surface area contributed by atoms with Crippen LogP contribution in [0, 0.1) is 0 Å². The highest BCUT2D eigenvalue weighted by Crippen LogP contribution is 2.27. The van der Waals surface area contributed by atoms with Gasteiger partial charge in [0.2, 0.25) is 0 Å². The van der Waals surface area contributed by atoms with Gasteiger partial charge in [0.25, 0.3) is 0 Å². The van der Waals surface area contributed by atoms with Gasteiger partial charge >= 0.3 is 5.69 Å². The molecule has 0 saturated heterocycles. The van der Waals surface area contributed by atoms with Crippen molar-refractivity contribution in [1.29, 1.82) is 0 Å². The fraction of sp³-hybridized carbons (Fsp3) is 0.429. The predicted octanol–water partition coefficient (Wildman–Crippen LogP) is 8.10. The number of ether oxygens (including phenoxy) is 1. The third kappa shape index (κ3) is 7.53. The van der Waals surface area contributed by atoms with E-state index in [1.165, 1.54) is 27.8 Å². The monoisotopic (exact) mass is 543 g/mol. The van der Waals surface area contributed by atoms with Gasteiger partial charge < -0.3 is 4.74 Å². The summed E-state index contributed by atoms with van der Waals surface area (Å²) in [7, 11) is 1.72. The number of aryl methyl sites for hydroxylation is 3. The second-order valence-corrected chi connectivity index (χ2v) is 11.0. The van der Waals surface area contributed by atoms with Crippen LogP contribution in [0.5, 0.6) is 5.75 Å². The van der Waals surface area contributed by atoms with E-state index in [0.717, 1.165) is 42.8 Å². The molecule has 0 aliphatic rings. The third-order valence-corrected chi connectivity index (χ3v) is 7.28. The van der Waals surface area contributed by atoms with Crippen molar-refractivity contribution in [3.63, 3.8) is 0 Å². The summed E-state index contributed by atoms with van der Waals surface area (Å²) < 4.78 is 8.89. The summed E-state index contributed by atoms with van der Waals surface area (Å²) in [5.41, 5.74) is 7.39. The van der Waals surface area contributed by atoms with E-state index in [2.05, 4.69) is 94.4 Å². The molecule has 0 amide bonds. The minimum absolute atomic E-state index is 0. The fourth-order valence-corrected chi connectivity index (χ4v) is 4.92. The first-order chi connectivity index (χ1) is 19.2. The molecule has 40 heavy (non-hydrogen) atoms. The second-order valence-electron chi connectivity index (χ2n) is 11.0. The van der Waals surface area contributed by atoms with Gasteiger partial charge in [0.1, 0.15) is 11.6 Å². The molecule has 0 aliphatic carbocycles. The summed E-state index contributed by atoms with van der Waals surface area (Å²) in [6.07, 6.45) is 3.61. The average Bonchev–Trinajstić information content (AvgIpc) is 3.27. The molecule has 4 aromatic rings. The molecule has 0 fully saturated rings. The second kappa shape index (κ2) is 14.2. The van der Waals surface area contributed by atoms with Crippen LogP contribution in [0.25, 0.3) is 11.1 Å². The SMILES string of the molecule is CC.CCc1cc(-c2ccc(CCCc3nn(Cc4ccc(C(C)(C)C)cc4)c(=O)n3CC)cc2)ccc1OC.[HH]. The lowest BCUT2D eigenvalue weighted by molar-refractivity contribution is 0.410. The Kier molecular flexibility index (Phi) is 10.9. The Morgan fingerprint density at radius 1 is 0.850 bits per heavy atom. The van der Waals surface area contributed by atoms with Gasteiger partial charge in [-0.05, 0) is 77.1 Å². The number of rotatable bonds is 10. The molecule has 5 heteroatoms. The Bertz CT molecular complexity index is 1410. The molecular weight excluding hydrogens is 494 g/mol. The van der Waals surface area contributed by atoms with Crippen molar-refractivity contribution in [2.24, 2.45) is 0 Å². The first-order valence-corrected chi connectivity index (χ1v) is 14.8. The largest absolute Gasteiger partial charge is 0.496 e. The Hall–Kier alpha value is -3.60. The van der Waals surface area contributed by atoms with E-state index in [9.17, 15) is 4.79 Å². The quantitative estimate of drug-likeness (QED) is 0.203. The summed E-state index contributed by atoms with van der Waals surface area (Å²) in [5.74, 6) is 1.81. The molecule has 0 spiro atoms. The first-order valence-electron chi connectivity index (χ1n) is 14.8. The molecule has 4 rings (SSSR count). The summed E-state index contributed by atoms with van der Waals surface area (Å²) in [5, 5.41) is 4.72. The molecular formula is C35H49N3O2. The highest BCUT2D eigenvalue weighted by molar-refractivity contribution is 5.66. The molecule has 1 heterocycles. The molecule has 0 saturated carbocycles. The Morgan fingerprint density at radius 3 is 2.05 bits per heavy atom. The van der Waals surface area contributed by atoms with Crippen LogP contribution in [0.15, 0.2) is 71.5 Å². The molecule has 1 aromatic heterocycles. The molecule has 0 N–H and O–H groups in total. The van der Waals surface area contributed by atoms with Gasteiger partial charge in [0.05, 0.1) is 13.7 Å². The van der Waals surface area contributed by atoms with Crippen LogP contribution in [0.2, 0.25) is 0 Å². The van der Waals surface area contributed by atoms with E-state index in [4.69, 9.17) is 9.84 Å². The number of hydrogen-bond donors (Lipinski definition) is 0. The van der Waals surface area contributed by atoms with Gasteiger partial charge in [-0.2, -0.15) is 5.10 Å². The van der Waals surface area contributed by atoms with Crippen molar-refractivity contribution in [1.82, 2.24) is 14.3 Å². The number of nitrogens with zero attached hydrogens (tertiary/aromatic N) is 3. The zero-order valence-corrected chi connectivity index (χ0v) is 25.8. The lowest BCUT2D eigenvalue weighted by atomic mass is 9.87. The van der Waals surface area contributed by atoms with Crippen molar-refractivity contribution in [2.75, 3.05) is 7.11 Å². The van der Waals surface area contributed by atoms with Gasteiger partial charge in [-0.1, -0.05) is 96.1 Å². The standard InChI is InChI=1S/C33H41N3O2.C2H6.H2/c1-7-26-22-28(18-21-30(26)38-6)27-16-12-24(13-17-27)10-9-11-31-34-36(32(37)35(31)8-2)23-25-14-19-29(20-15-25)33(3,4)5;1-2;/h12-22H,7-11,23H2,1-6H3;1-2H3;1H. The maximum Gasteiger partial charge on any atom is 0.346 e. The molecule has 5 nitrogen and oxygen atoms in total. The minimum Gasteiger partial charge on any atom is -0.496 e. The van der Waals surface area contributed by atoms with Crippen LogP contribution < -0.4 is 10.4 Å². The van der Waals surface area contributed by atoms with E-state index >= 15 is 0 Å². The van der Waals surface area contributed by atoms with Crippen molar-refractivity contribution in [2.45, 2.75) is 92.7 Å². The third-order valence-electron chi connectivity index (χ3n) is 7.28. The van der Waals surface area contributed by atoms with Gasteiger partial charge in [-0.15, -0.1) is 0 Å². The number of benzene rings is 3. The molecule has 0 radical (unpaired) electrons. The highest BCUT2D eigenvalue weighted by Gasteiger charge is 2.15. The Balaban J connectivity index is 0.00000192. The van der Waals surface area contributed by atoms with E-state index in [0.29, 0.717) is 13.1 Å². The summed E-state index contributed by atoms with van der Waals surface area (Å²) in [4.78, 5) is 13.0. The zero-order valence-electron chi connectivity index (χ0n) is 25.8.